The van der Waals surface area contributed by atoms with Gasteiger partial charge in [0.2, 0.25) is 5.79 Å². The molecule has 6 nitrogen and oxygen atoms in total. The number of aryl methyl sites for hydroxylation is 1. The molecule has 0 amide bonds. The van der Waals surface area contributed by atoms with Gasteiger partial charge in [-0.05, 0) is 48.7 Å². The summed E-state index contributed by atoms with van der Waals surface area (Å²) < 4.78 is 11.7. The molecule has 4 rings (SSSR count). The normalized spacial score (nSPS) is 31.4. The van der Waals surface area contributed by atoms with E-state index >= 15 is 0 Å². The summed E-state index contributed by atoms with van der Waals surface area (Å²) in [5.74, 6) is -1.53. The van der Waals surface area contributed by atoms with Crippen molar-refractivity contribution < 1.29 is 29.9 Å². The molecule has 0 radical (unpaired) electrons. The summed E-state index contributed by atoms with van der Waals surface area (Å²) >= 11 is 8.17. The van der Waals surface area contributed by atoms with Crippen LogP contribution in [0.3, 0.4) is 0 Å². The molecule has 0 unspecified atom stereocenters. The van der Waals surface area contributed by atoms with Gasteiger partial charge in [-0.25, -0.2) is 0 Å². The average molecular weight is 441 g/mol. The molecule has 1 aromatic heterocycles. The molecule has 0 saturated carbocycles. The Balaban J connectivity index is 1.70. The first kappa shape index (κ1) is 21.2. The van der Waals surface area contributed by atoms with Crippen molar-refractivity contribution in [3.63, 3.8) is 0 Å². The van der Waals surface area contributed by atoms with Crippen molar-refractivity contribution in [1.82, 2.24) is 0 Å². The number of aliphatic hydroxyl groups excluding tert-OH is 4. The van der Waals surface area contributed by atoms with E-state index in [9.17, 15) is 20.4 Å². The molecule has 0 bridgehead atoms. The monoisotopic (exact) mass is 440 g/mol. The zero-order chi connectivity index (χ0) is 20.9. The fourth-order valence-electron chi connectivity index (χ4n) is 4.16. The molecule has 3 heterocycles. The second-order valence-electron chi connectivity index (χ2n) is 7.78. The van der Waals surface area contributed by atoms with Gasteiger partial charge < -0.3 is 29.9 Å². The van der Waals surface area contributed by atoms with Crippen LogP contribution >= 0.6 is 22.9 Å². The Morgan fingerprint density at radius 1 is 1.21 bits per heavy atom. The van der Waals surface area contributed by atoms with Crippen LogP contribution in [-0.4, -0.2) is 51.4 Å². The Kier molecular flexibility index (Phi) is 5.78. The van der Waals surface area contributed by atoms with Crippen LogP contribution in [0, 0.1) is 6.92 Å². The zero-order valence-corrected chi connectivity index (χ0v) is 17.8. The van der Waals surface area contributed by atoms with Gasteiger partial charge in [0.1, 0.15) is 18.3 Å². The van der Waals surface area contributed by atoms with Crippen molar-refractivity contribution >= 4 is 22.9 Å². The summed E-state index contributed by atoms with van der Waals surface area (Å²) in [6.45, 7) is 3.97. The second-order valence-corrected chi connectivity index (χ2v) is 9.40. The number of hydrogen-bond acceptors (Lipinski definition) is 7. The lowest BCUT2D eigenvalue weighted by Crippen LogP contribution is -2.62. The molecular weight excluding hydrogens is 416 g/mol. The van der Waals surface area contributed by atoms with Gasteiger partial charge in [0.05, 0.1) is 12.7 Å². The Bertz CT molecular complexity index is 915. The molecule has 158 valence electrons. The van der Waals surface area contributed by atoms with Gasteiger partial charge in [0.15, 0.2) is 0 Å². The lowest BCUT2D eigenvalue weighted by molar-refractivity contribution is -0.362. The highest BCUT2D eigenvalue weighted by Crippen LogP contribution is 2.47. The summed E-state index contributed by atoms with van der Waals surface area (Å²) in [5.41, 5.74) is 3.42. The fraction of sp³-hybridized carbons (Fsp3) is 0.524. The second kappa shape index (κ2) is 7.90. The van der Waals surface area contributed by atoms with Gasteiger partial charge in [0, 0.05) is 39.8 Å². The van der Waals surface area contributed by atoms with E-state index in [-0.39, 0.29) is 13.2 Å². The van der Waals surface area contributed by atoms with E-state index in [0.29, 0.717) is 23.4 Å². The summed E-state index contributed by atoms with van der Waals surface area (Å²) in [5, 5.41) is 40.9. The number of ether oxygens (including phenoxy) is 2. The zero-order valence-electron chi connectivity index (χ0n) is 16.3. The number of thiophene rings is 1. The highest BCUT2D eigenvalue weighted by atomic mass is 35.5. The molecule has 5 atom stereocenters. The average Bonchev–Trinajstić information content (AvgIpc) is 3.20. The maximum absolute atomic E-state index is 10.7. The quantitative estimate of drug-likeness (QED) is 0.580. The summed E-state index contributed by atoms with van der Waals surface area (Å²) in [6.07, 6.45) is -3.50. The molecular formula is C21H25ClO6S. The first-order chi connectivity index (χ1) is 13.8. The molecule has 1 aromatic carbocycles. The number of aliphatic hydroxyl groups is 4. The predicted octanol–water partition coefficient (Wildman–Crippen LogP) is 2.02. The Morgan fingerprint density at radius 2 is 1.97 bits per heavy atom. The molecule has 0 aliphatic carbocycles. The van der Waals surface area contributed by atoms with Crippen molar-refractivity contribution in [2.75, 3.05) is 6.61 Å². The molecule has 1 saturated heterocycles. The van der Waals surface area contributed by atoms with Crippen LogP contribution in [0.15, 0.2) is 18.2 Å². The minimum atomic E-state index is -1.53. The highest BCUT2D eigenvalue weighted by Gasteiger charge is 2.57. The van der Waals surface area contributed by atoms with Crippen LogP contribution in [0.2, 0.25) is 5.02 Å². The van der Waals surface area contributed by atoms with Crippen LogP contribution in [0.25, 0.3) is 0 Å². The van der Waals surface area contributed by atoms with E-state index in [4.69, 9.17) is 21.1 Å². The molecule has 1 fully saturated rings. The largest absolute Gasteiger partial charge is 0.396 e. The summed E-state index contributed by atoms with van der Waals surface area (Å²) in [4.78, 5) is 2.27. The third kappa shape index (κ3) is 3.54. The van der Waals surface area contributed by atoms with E-state index < -0.39 is 30.2 Å². The SMILES string of the molecule is Cc1cc(Cc2cc3c(cc2Cl)CO[C@]32O[C@H](C)[C@@H](O)[C@H](O)[C@H]2O)sc1CCO. The van der Waals surface area contributed by atoms with Gasteiger partial charge in [-0.3, -0.25) is 0 Å². The molecule has 1 spiro atoms. The predicted molar refractivity (Wildman–Crippen MR) is 109 cm³/mol. The van der Waals surface area contributed by atoms with Gasteiger partial charge in [0.25, 0.3) is 0 Å². The van der Waals surface area contributed by atoms with Gasteiger partial charge in [-0.1, -0.05) is 11.6 Å². The molecule has 4 N–H and O–H groups in total. The third-order valence-electron chi connectivity index (χ3n) is 5.77. The van der Waals surface area contributed by atoms with Crippen molar-refractivity contribution in [2.45, 2.75) is 63.5 Å². The van der Waals surface area contributed by atoms with E-state index in [1.165, 1.54) is 0 Å². The first-order valence-electron chi connectivity index (χ1n) is 9.63. The van der Waals surface area contributed by atoms with E-state index in [1.807, 2.05) is 19.1 Å². The molecule has 2 aliphatic rings. The van der Waals surface area contributed by atoms with E-state index in [2.05, 4.69) is 6.07 Å². The number of halogens is 1. The van der Waals surface area contributed by atoms with Crippen molar-refractivity contribution in [3.05, 3.63) is 55.2 Å². The Hall–Kier alpha value is -1.03. The van der Waals surface area contributed by atoms with Crippen LogP contribution in [0.4, 0.5) is 0 Å². The standard InChI is InChI=1S/C21H25ClO6S/c1-10-5-14(29-17(10)3-4-23)6-12-7-15-13(8-16(12)22)9-27-21(15)20(26)19(25)18(24)11(2)28-21/h5,7-8,11,18-20,23-26H,3-4,6,9H2,1-2H3/t11-,18-,19+,20-,21+/m1/s1. The minimum Gasteiger partial charge on any atom is -0.396 e. The topological polar surface area (TPSA) is 99.4 Å². The van der Waals surface area contributed by atoms with Crippen molar-refractivity contribution in [1.29, 1.82) is 0 Å². The van der Waals surface area contributed by atoms with Crippen LogP contribution in [-0.2, 0) is 34.7 Å². The molecule has 8 heteroatoms. The minimum absolute atomic E-state index is 0.113. The van der Waals surface area contributed by atoms with Gasteiger partial charge in [-0.15, -0.1) is 11.3 Å². The maximum Gasteiger partial charge on any atom is 0.225 e. The van der Waals surface area contributed by atoms with Crippen molar-refractivity contribution in [2.24, 2.45) is 0 Å². The number of hydrogen-bond donors (Lipinski definition) is 4. The smallest absolute Gasteiger partial charge is 0.225 e. The van der Waals surface area contributed by atoms with E-state index in [0.717, 1.165) is 26.4 Å². The number of fused-ring (bicyclic) bond motifs is 2. The maximum atomic E-state index is 10.7. The van der Waals surface area contributed by atoms with Gasteiger partial charge >= 0.3 is 0 Å². The fourth-order valence-corrected chi connectivity index (χ4v) is 5.61. The summed E-state index contributed by atoms with van der Waals surface area (Å²) in [7, 11) is 0. The Labute approximate surface area is 178 Å². The molecule has 2 aliphatic heterocycles. The van der Waals surface area contributed by atoms with Crippen LogP contribution in [0.1, 0.15) is 38.9 Å². The number of benzene rings is 1. The Morgan fingerprint density at radius 3 is 2.69 bits per heavy atom. The molecule has 2 aromatic rings. The van der Waals surface area contributed by atoms with E-state index in [1.54, 1.807) is 18.3 Å². The lowest BCUT2D eigenvalue weighted by atomic mass is 9.87. The first-order valence-corrected chi connectivity index (χ1v) is 10.8. The van der Waals surface area contributed by atoms with Crippen LogP contribution < -0.4 is 0 Å². The lowest BCUT2D eigenvalue weighted by Gasteiger charge is -2.45. The summed E-state index contributed by atoms with van der Waals surface area (Å²) in [6, 6.07) is 5.78. The van der Waals surface area contributed by atoms with Crippen LogP contribution in [0.5, 0.6) is 0 Å². The number of rotatable bonds is 4. The van der Waals surface area contributed by atoms with Crippen molar-refractivity contribution in [3.8, 4) is 0 Å². The molecule has 29 heavy (non-hydrogen) atoms. The van der Waals surface area contributed by atoms with Gasteiger partial charge in [-0.2, -0.15) is 0 Å². The highest BCUT2D eigenvalue weighted by molar-refractivity contribution is 7.12. The third-order valence-corrected chi connectivity index (χ3v) is 7.42.